The lowest BCUT2D eigenvalue weighted by atomic mass is 10.2. The number of anilines is 1. The van der Waals surface area contributed by atoms with Crippen molar-refractivity contribution in [1.82, 2.24) is 0 Å². The topological polar surface area (TPSA) is 38.0 Å². The van der Waals surface area contributed by atoms with E-state index in [4.69, 9.17) is 5.73 Å². The molecule has 2 aromatic carbocycles. The summed E-state index contributed by atoms with van der Waals surface area (Å²) in [4.78, 5) is 0. The first-order chi connectivity index (χ1) is 9.36. The van der Waals surface area contributed by atoms with Crippen molar-refractivity contribution in [3.63, 3.8) is 0 Å². The lowest BCUT2D eigenvalue weighted by molar-refractivity contribution is 0.969. The fraction of sp³-hybridized carbons (Fsp3) is 0.294. The highest BCUT2D eigenvalue weighted by atomic mass is 14.9. The van der Waals surface area contributed by atoms with Gasteiger partial charge in [0.05, 0.1) is 0 Å². The Morgan fingerprint density at radius 2 is 1.47 bits per heavy atom. The van der Waals surface area contributed by atoms with Gasteiger partial charge in [-0.3, -0.25) is 0 Å². The van der Waals surface area contributed by atoms with Gasteiger partial charge in [-0.15, -0.1) is 0 Å². The molecule has 2 aromatic rings. The molecule has 0 spiro atoms. The molecule has 0 fully saturated rings. The normalized spacial score (nSPS) is 9.37. The molecule has 19 heavy (non-hydrogen) atoms. The minimum atomic E-state index is 0.740. The summed E-state index contributed by atoms with van der Waals surface area (Å²) in [6.07, 6.45) is 2.16. The maximum atomic E-state index is 5.36. The molecule has 0 saturated heterocycles. The number of benzene rings is 2. The van der Waals surface area contributed by atoms with Gasteiger partial charge in [0.1, 0.15) is 0 Å². The molecule has 102 valence electrons. The van der Waals surface area contributed by atoms with Crippen LogP contribution in [0.2, 0.25) is 0 Å². The quantitative estimate of drug-likeness (QED) is 0.856. The van der Waals surface area contributed by atoms with E-state index in [9.17, 15) is 0 Å². The average molecular weight is 256 g/mol. The van der Waals surface area contributed by atoms with Gasteiger partial charge in [0.2, 0.25) is 0 Å². The molecule has 2 rings (SSSR count). The molecule has 0 radical (unpaired) electrons. The summed E-state index contributed by atoms with van der Waals surface area (Å²) in [6.45, 7) is 3.96. The molecular weight excluding hydrogens is 232 g/mol. The molecule has 3 N–H and O–H groups in total. The first-order valence-electron chi connectivity index (χ1n) is 6.89. The van der Waals surface area contributed by atoms with Crippen molar-refractivity contribution < 1.29 is 0 Å². The first kappa shape index (κ1) is 15.3. The van der Waals surface area contributed by atoms with Crippen LogP contribution in [0.5, 0.6) is 0 Å². The Hall–Kier alpha value is -1.80. The van der Waals surface area contributed by atoms with Crippen molar-refractivity contribution in [2.75, 3.05) is 18.4 Å². The zero-order chi connectivity index (χ0) is 13.8. The number of rotatable bonds is 5. The van der Waals surface area contributed by atoms with Crippen molar-refractivity contribution in [3.8, 4) is 0 Å². The second-order valence-electron chi connectivity index (χ2n) is 4.32. The fourth-order valence-corrected chi connectivity index (χ4v) is 1.64. The Kier molecular flexibility index (Phi) is 8.15. The van der Waals surface area contributed by atoms with Crippen LogP contribution >= 0.6 is 0 Å². The van der Waals surface area contributed by atoms with Crippen LogP contribution in [-0.2, 0) is 6.42 Å². The largest absolute Gasteiger partial charge is 0.385 e. The SMILES string of the molecule is CCCNc1ccccc1.NCCc1ccccc1. The number of hydrogen-bond donors (Lipinski definition) is 2. The molecule has 0 heterocycles. The highest BCUT2D eigenvalue weighted by molar-refractivity contribution is 5.42. The van der Waals surface area contributed by atoms with E-state index in [1.807, 2.05) is 36.4 Å². The van der Waals surface area contributed by atoms with E-state index in [-0.39, 0.29) is 0 Å². The minimum absolute atomic E-state index is 0.740. The average Bonchev–Trinajstić information content (AvgIpc) is 2.48. The van der Waals surface area contributed by atoms with E-state index in [0.717, 1.165) is 19.5 Å². The lowest BCUT2D eigenvalue weighted by Gasteiger charge is -2.01. The molecule has 2 heteroatoms. The van der Waals surface area contributed by atoms with Gasteiger partial charge in [0, 0.05) is 12.2 Å². The van der Waals surface area contributed by atoms with Crippen LogP contribution in [0.15, 0.2) is 60.7 Å². The Labute approximate surface area is 116 Å². The van der Waals surface area contributed by atoms with E-state index in [0.29, 0.717) is 0 Å². The number of hydrogen-bond acceptors (Lipinski definition) is 2. The Morgan fingerprint density at radius 1 is 0.895 bits per heavy atom. The molecule has 2 nitrogen and oxygen atoms in total. The fourth-order valence-electron chi connectivity index (χ4n) is 1.64. The monoisotopic (exact) mass is 256 g/mol. The molecule has 0 amide bonds. The number of nitrogens with one attached hydrogen (secondary N) is 1. The molecule has 0 saturated carbocycles. The van der Waals surface area contributed by atoms with Crippen molar-refractivity contribution in [2.45, 2.75) is 19.8 Å². The second-order valence-corrected chi connectivity index (χ2v) is 4.32. The van der Waals surface area contributed by atoms with Crippen LogP contribution in [0.25, 0.3) is 0 Å². The summed E-state index contributed by atoms with van der Waals surface area (Å²) >= 11 is 0. The van der Waals surface area contributed by atoms with E-state index < -0.39 is 0 Å². The third-order valence-electron chi connectivity index (χ3n) is 2.63. The second kappa shape index (κ2) is 10.2. The standard InChI is InChI=1S/C9H13N.C8H11N/c1-2-8-10-9-6-4-3-5-7-9;9-7-6-8-4-2-1-3-5-8/h3-7,10H,2,8H2,1H3;1-5H,6-7,9H2. The molecule has 0 aliphatic heterocycles. The molecule has 0 atom stereocenters. The Bertz CT molecular complexity index is 412. The summed E-state index contributed by atoms with van der Waals surface area (Å²) in [5.41, 5.74) is 7.89. The first-order valence-corrected chi connectivity index (χ1v) is 6.89. The summed E-state index contributed by atoms with van der Waals surface area (Å²) in [5.74, 6) is 0. The molecule has 0 aliphatic rings. The van der Waals surface area contributed by atoms with E-state index in [2.05, 4.69) is 36.5 Å². The van der Waals surface area contributed by atoms with Gasteiger partial charge in [-0.25, -0.2) is 0 Å². The van der Waals surface area contributed by atoms with Crippen molar-refractivity contribution in [3.05, 3.63) is 66.2 Å². The van der Waals surface area contributed by atoms with E-state index in [1.165, 1.54) is 17.7 Å². The zero-order valence-electron chi connectivity index (χ0n) is 11.7. The maximum Gasteiger partial charge on any atom is 0.0340 e. The minimum Gasteiger partial charge on any atom is -0.385 e. The summed E-state index contributed by atoms with van der Waals surface area (Å²) in [5, 5.41) is 3.29. The number of nitrogens with two attached hydrogens (primary N) is 1. The third kappa shape index (κ3) is 7.27. The van der Waals surface area contributed by atoms with Crippen LogP contribution in [0, 0.1) is 0 Å². The molecule has 0 unspecified atom stereocenters. The van der Waals surface area contributed by atoms with Gasteiger partial charge >= 0.3 is 0 Å². The van der Waals surface area contributed by atoms with Crippen molar-refractivity contribution in [2.24, 2.45) is 5.73 Å². The summed E-state index contributed by atoms with van der Waals surface area (Å²) in [6, 6.07) is 20.5. The van der Waals surface area contributed by atoms with E-state index >= 15 is 0 Å². The van der Waals surface area contributed by atoms with Crippen molar-refractivity contribution >= 4 is 5.69 Å². The highest BCUT2D eigenvalue weighted by Gasteiger charge is 1.85. The smallest absolute Gasteiger partial charge is 0.0340 e. The summed E-state index contributed by atoms with van der Waals surface area (Å²) in [7, 11) is 0. The van der Waals surface area contributed by atoms with Gasteiger partial charge in [0.15, 0.2) is 0 Å². The highest BCUT2D eigenvalue weighted by Crippen LogP contribution is 2.03. The van der Waals surface area contributed by atoms with Gasteiger partial charge in [0.25, 0.3) is 0 Å². The summed E-state index contributed by atoms with van der Waals surface area (Å²) < 4.78 is 0. The molecule has 0 aliphatic carbocycles. The predicted octanol–water partition coefficient (Wildman–Crippen LogP) is 3.70. The molecule has 0 bridgehead atoms. The van der Waals surface area contributed by atoms with Gasteiger partial charge in [-0.2, -0.15) is 0 Å². The Morgan fingerprint density at radius 3 is 2.00 bits per heavy atom. The van der Waals surface area contributed by atoms with Crippen molar-refractivity contribution in [1.29, 1.82) is 0 Å². The zero-order valence-corrected chi connectivity index (χ0v) is 11.7. The van der Waals surface area contributed by atoms with Crippen LogP contribution in [-0.4, -0.2) is 13.1 Å². The maximum absolute atomic E-state index is 5.36. The van der Waals surface area contributed by atoms with Gasteiger partial charge < -0.3 is 11.1 Å². The number of para-hydroxylation sites is 1. The molecule has 0 aromatic heterocycles. The van der Waals surface area contributed by atoms with Crippen LogP contribution < -0.4 is 11.1 Å². The van der Waals surface area contributed by atoms with E-state index in [1.54, 1.807) is 0 Å². The molecular formula is C17H24N2. The van der Waals surface area contributed by atoms with Gasteiger partial charge in [-0.1, -0.05) is 55.5 Å². The predicted molar refractivity (Wildman–Crippen MR) is 84.4 cm³/mol. The van der Waals surface area contributed by atoms with Crippen LogP contribution in [0.3, 0.4) is 0 Å². The third-order valence-corrected chi connectivity index (χ3v) is 2.63. The van der Waals surface area contributed by atoms with Crippen LogP contribution in [0.1, 0.15) is 18.9 Å². The van der Waals surface area contributed by atoms with Crippen LogP contribution in [0.4, 0.5) is 5.69 Å². The Balaban J connectivity index is 0.000000191. The lowest BCUT2D eigenvalue weighted by Crippen LogP contribution is -2.01. The van der Waals surface area contributed by atoms with Gasteiger partial charge in [-0.05, 0) is 37.1 Å².